The van der Waals surface area contributed by atoms with Gasteiger partial charge in [0.1, 0.15) is 5.75 Å². The summed E-state index contributed by atoms with van der Waals surface area (Å²) in [4.78, 5) is 0. The molecule has 2 aromatic carbocycles. The second-order valence-electron chi connectivity index (χ2n) is 4.83. The van der Waals surface area contributed by atoms with Gasteiger partial charge in [-0.3, -0.25) is 0 Å². The zero-order chi connectivity index (χ0) is 13.7. The van der Waals surface area contributed by atoms with Crippen LogP contribution in [-0.4, -0.2) is 7.11 Å². The van der Waals surface area contributed by atoms with E-state index >= 15 is 0 Å². The zero-order valence-electron chi connectivity index (χ0n) is 11.8. The molecule has 19 heavy (non-hydrogen) atoms. The highest BCUT2D eigenvalue weighted by Gasteiger charge is 2.09. The van der Waals surface area contributed by atoms with Gasteiger partial charge >= 0.3 is 0 Å². The van der Waals surface area contributed by atoms with Gasteiger partial charge in [0, 0.05) is 18.2 Å². The minimum Gasteiger partial charge on any atom is -0.496 e. The van der Waals surface area contributed by atoms with Gasteiger partial charge in [-0.2, -0.15) is 0 Å². The van der Waals surface area contributed by atoms with Crippen molar-refractivity contribution < 1.29 is 4.74 Å². The molecule has 0 amide bonds. The minimum atomic E-state index is 0.262. The molecular weight excluding hydrogens is 234 g/mol. The summed E-state index contributed by atoms with van der Waals surface area (Å²) in [5.74, 6) is 0.936. The van der Waals surface area contributed by atoms with Crippen LogP contribution >= 0.6 is 0 Å². The standard InChI is InChI=1S/C17H21NO/c1-13-8-10-15(11-9-13)12-18-14(2)16-6-4-5-7-17(16)19-3/h4-11,14,18H,12H2,1-3H3. The summed E-state index contributed by atoms with van der Waals surface area (Å²) in [6, 6.07) is 17.0. The molecule has 1 unspecified atom stereocenters. The molecule has 2 heteroatoms. The Balaban J connectivity index is 2.01. The van der Waals surface area contributed by atoms with E-state index in [9.17, 15) is 0 Å². The maximum atomic E-state index is 5.39. The van der Waals surface area contributed by atoms with Gasteiger partial charge in [-0.25, -0.2) is 0 Å². The first-order chi connectivity index (χ1) is 9.20. The van der Waals surface area contributed by atoms with E-state index in [1.165, 1.54) is 16.7 Å². The van der Waals surface area contributed by atoms with Gasteiger partial charge < -0.3 is 10.1 Å². The van der Waals surface area contributed by atoms with Crippen molar-refractivity contribution in [3.63, 3.8) is 0 Å². The maximum Gasteiger partial charge on any atom is 0.123 e. The molecule has 1 N–H and O–H groups in total. The summed E-state index contributed by atoms with van der Waals surface area (Å²) in [6.45, 7) is 5.13. The van der Waals surface area contributed by atoms with Crippen molar-refractivity contribution in [3.8, 4) is 5.75 Å². The van der Waals surface area contributed by atoms with Crippen molar-refractivity contribution in [2.75, 3.05) is 7.11 Å². The van der Waals surface area contributed by atoms with E-state index in [1.54, 1.807) is 7.11 Å². The predicted octanol–water partition coefficient (Wildman–Crippen LogP) is 3.85. The highest BCUT2D eigenvalue weighted by atomic mass is 16.5. The third-order valence-corrected chi connectivity index (χ3v) is 3.34. The molecule has 0 fully saturated rings. The molecular formula is C17H21NO. The summed E-state index contributed by atoms with van der Waals surface area (Å²) < 4.78 is 5.39. The number of benzene rings is 2. The second kappa shape index (κ2) is 6.39. The maximum absolute atomic E-state index is 5.39. The fourth-order valence-corrected chi connectivity index (χ4v) is 2.11. The van der Waals surface area contributed by atoms with Gasteiger partial charge in [0.15, 0.2) is 0 Å². The normalized spacial score (nSPS) is 12.2. The number of hydrogen-bond donors (Lipinski definition) is 1. The fraction of sp³-hybridized carbons (Fsp3) is 0.294. The van der Waals surface area contributed by atoms with Crippen LogP contribution in [0.2, 0.25) is 0 Å². The van der Waals surface area contributed by atoms with Crippen molar-refractivity contribution in [1.82, 2.24) is 5.32 Å². The Morgan fingerprint density at radius 3 is 2.42 bits per heavy atom. The summed E-state index contributed by atoms with van der Waals surface area (Å²) in [7, 11) is 1.71. The lowest BCUT2D eigenvalue weighted by Gasteiger charge is -2.17. The molecule has 0 radical (unpaired) electrons. The summed E-state index contributed by atoms with van der Waals surface area (Å²) in [5.41, 5.74) is 3.78. The molecule has 2 nitrogen and oxygen atoms in total. The summed E-state index contributed by atoms with van der Waals surface area (Å²) in [6.07, 6.45) is 0. The van der Waals surface area contributed by atoms with Crippen molar-refractivity contribution in [2.45, 2.75) is 26.4 Å². The van der Waals surface area contributed by atoms with Crippen LogP contribution in [0.4, 0.5) is 0 Å². The molecule has 0 aliphatic rings. The molecule has 0 saturated carbocycles. The Bertz CT molecular complexity index is 519. The fourth-order valence-electron chi connectivity index (χ4n) is 2.11. The molecule has 0 aliphatic carbocycles. The highest BCUT2D eigenvalue weighted by molar-refractivity contribution is 5.35. The molecule has 2 aromatic rings. The Kier molecular flexibility index (Phi) is 4.58. The molecule has 0 heterocycles. The van der Waals surface area contributed by atoms with Gasteiger partial charge in [-0.15, -0.1) is 0 Å². The number of methoxy groups -OCH3 is 1. The zero-order valence-corrected chi connectivity index (χ0v) is 11.8. The third kappa shape index (κ3) is 3.58. The van der Waals surface area contributed by atoms with Crippen LogP contribution in [-0.2, 0) is 6.54 Å². The van der Waals surface area contributed by atoms with Crippen molar-refractivity contribution in [3.05, 3.63) is 65.2 Å². The number of nitrogens with one attached hydrogen (secondary N) is 1. The Labute approximate surface area is 115 Å². The molecule has 1 atom stereocenters. The van der Waals surface area contributed by atoms with Gasteiger partial charge in [-0.1, -0.05) is 48.0 Å². The van der Waals surface area contributed by atoms with E-state index in [-0.39, 0.29) is 6.04 Å². The molecule has 0 bridgehead atoms. The van der Waals surface area contributed by atoms with Gasteiger partial charge in [0.25, 0.3) is 0 Å². The SMILES string of the molecule is COc1ccccc1C(C)NCc1ccc(C)cc1. The van der Waals surface area contributed by atoms with E-state index in [0.29, 0.717) is 0 Å². The second-order valence-corrected chi connectivity index (χ2v) is 4.83. The van der Waals surface area contributed by atoms with E-state index in [4.69, 9.17) is 4.74 Å². The van der Waals surface area contributed by atoms with E-state index in [0.717, 1.165) is 12.3 Å². The van der Waals surface area contributed by atoms with Gasteiger partial charge in [-0.05, 0) is 25.5 Å². The van der Waals surface area contributed by atoms with Crippen LogP contribution in [0.25, 0.3) is 0 Å². The van der Waals surface area contributed by atoms with Gasteiger partial charge in [0.2, 0.25) is 0 Å². The number of hydrogen-bond acceptors (Lipinski definition) is 2. The molecule has 0 aromatic heterocycles. The third-order valence-electron chi connectivity index (χ3n) is 3.34. The lowest BCUT2D eigenvalue weighted by Crippen LogP contribution is -2.18. The number of rotatable bonds is 5. The van der Waals surface area contributed by atoms with Crippen LogP contribution < -0.4 is 10.1 Å². The lowest BCUT2D eigenvalue weighted by molar-refractivity contribution is 0.401. The quantitative estimate of drug-likeness (QED) is 0.876. The molecule has 2 rings (SSSR count). The van der Waals surface area contributed by atoms with Gasteiger partial charge in [0.05, 0.1) is 7.11 Å². The minimum absolute atomic E-state index is 0.262. The largest absolute Gasteiger partial charge is 0.496 e. The molecule has 0 aliphatic heterocycles. The first kappa shape index (κ1) is 13.6. The summed E-state index contributed by atoms with van der Waals surface area (Å²) >= 11 is 0. The Morgan fingerprint density at radius 2 is 1.74 bits per heavy atom. The number of aryl methyl sites for hydroxylation is 1. The van der Waals surface area contributed by atoms with Crippen molar-refractivity contribution in [1.29, 1.82) is 0 Å². The first-order valence-corrected chi connectivity index (χ1v) is 6.62. The topological polar surface area (TPSA) is 21.3 Å². The Morgan fingerprint density at radius 1 is 1.05 bits per heavy atom. The van der Waals surface area contributed by atoms with Crippen LogP contribution in [0.1, 0.15) is 29.7 Å². The number of ether oxygens (including phenoxy) is 1. The lowest BCUT2D eigenvalue weighted by atomic mass is 10.1. The molecule has 100 valence electrons. The van der Waals surface area contributed by atoms with Crippen LogP contribution in [0, 0.1) is 6.92 Å². The van der Waals surface area contributed by atoms with E-state index in [1.807, 2.05) is 18.2 Å². The smallest absolute Gasteiger partial charge is 0.123 e. The monoisotopic (exact) mass is 255 g/mol. The van der Waals surface area contributed by atoms with E-state index < -0.39 is 0 Å². The average molecular weight is 255 g/mol. The molecule has 0 spiro atoms. The number of para-hydroxylation sites is 1. The average Bonchev–Trinajstić information content (AvgIpc) is 2.46. The van der Waals surface area contributed by atoms with Crippen molar-refractivity contribution in [2.24, 2.45) is 0 Å². The van der Waals surface area contributed by atoms with Crippen LogP contribution in [0.5, 0.6) is 5.75 Å². The predicted molar refractivity (Wildman–Crippen MR) is 79.4 cm³/mol. The van der Waals surface area contributed by atoms with Crippen molar-refractivity contribution >= 4 is 0 Å². The molecule has 0 saturated heterocycles. The van der Waals surface area contributed by atoms with E-state index in [2.05, 4.69) is 49.5 Å². The Hall–Kier alpha value is -1.80. The highest BCUT2D eigenvalue weighted by Crippen LogP contribution is 2.24. The van der Waals surface area contributed by atoms with Crippen LogP contribution in [0.3, 0.4) is 0 Å². The van der Waals surface area contributed by atoms with Crippen LogP contribution in [0.15, 0.2) is 48.5 Å². The first-order valence-electron chi connectivity index (χ1n) is 6.62. The summed E-state index contributed by atoms with van der Waals surface area (Å²) in [5, 5.41) is 3.53.